The molecule has 5 heteroatoms. The number of nitrogen functional groups attached to an aromatic ring is 1. The number of nitrogens with zero attached hydrogens (tertiary/aromatic N) is 3. The Morgan fingerprint density at radius 3 is 2.95 bits per heavy atom. The molecule has 0 bridgehead atoms. The number of pyridine rings is 1. The highest BCUT2D eigenvalue weighted by atomic mass is 32.2. The van der Waals surface area contributed by atoms with Crippen molar-refractivity contribution < 1.29 is 0 Å². The Kier molecular flexibility index (Phi) is 3.87. The van der Waals surface area contributed by atoms with E-state index in [1.807, 2.05) is 18.0 Å². The van der Waals surface area contributed by atoms with E-state index < -0.39 is 0 Å². The molecule has 0 aliphatic heterocycles. The van der Waals surface area contributed by atoms with E-state index in [-0.39, 0.29) is 0 Å². The summed E-state index contributed by atoms with van der Waals surface area (Å²) in [5.41, 5.74) is 9.27. The second-order valence-electron chi connectivity index (χ2n) is 5.70. The molecule has 2 heterocycles. The predicted molar refractivity (Wildman–Crippen MR) is 86.1 cm³/mol. The highest BCUT2D eigenvalue weighted by Crippen LogP contribution is 2.34. The van der Waals surface area contributed by atoms with Crippen LogP contribution < -0.4 is 5.73 Å². The Morgan fingerprint density at radius 1 is 1.45 bits per heavy atom. The van der Waals surface area contributed by atoms with Gasteiger partial charge in [-0.15, -0.1) is 0 Å². The zero-order valence-electron chi connectivity index (χ0n) is 12.2. The molecule has 0 radical (unpaired) electrons. The normalized spacial score (nSPS) is 15.1. The number of thioether (sulfide) groups is 1. The lowest BCUT2D eigenvalue weighted by Crippen LogP contribution is -2.06. The minimum Gasteiger partial charge on any atom is -0.382 e. The summed E-state index contributed by atoms with van der Waals surface area (Å²) >= 11 is 1.90. The van der Waals surface area contributed by atoms with E-state index in [1.165, 1.54) is 41.9 Å². The van der Waals surface area contributed by atoms with Crippen LogP contribution in [-0.4, -0.2) is 26.5 Å². The van der Waals surface area contributed by atoms with Crippen LogP contribution in [0.1, 0.15) is 30.7 Å². The molecule has 3 rings (SSSR count). The monoisotopic (exact) mass is 290 g/mol. The maximum atomic E-state index is 6.02. The van der Waals surface area contributed by atoms with E-state index in [9.17, 15) is 0 Å². The first-order chi connectivity index (χ1) is 9.70. The van der Waals surface area contributed by atoms with Crippen LogP contribution in [0.2, 0.25) is 0 Å². The van der Waals surface area contributed by atoms with Crippen molar-refractivity contribution in [2.75, 3.05) is 17.7 Å². The van der Waals surface area contributed by atoms with Gasteiger partial charge in [-0.05, 0) is 49.7 Å². The fourth-order valence-corrected chi connectivity index (χ4v) is 3.13. The summed E-state index contributed by atoms with van der Waals surface area (Å²) in [4.78, 5) is 9.05. The van der Waals surface area contributed by atoms with Gasteiger partial charge in [0.1, 0.15) is 11.3 Å². The topological polar surface area (TPSA) is 56.7 Å². The van der Waals surface area contributed by atoms with E-state index in [4.69, 9.17) is 10.7 Å². The van der Waals surface area contributed by atoms with Gasteiger partial charge in [-0.2, -0.15) is 11.8 Å². The summed E-state index contributed by atoms with van der Waals surface area (Å²) in [6.45, 7) is 3.13. The third-order valence-electron chi connectivity index (χ3n) is 3.96. The van der Waals surface area contributed by atoms with Crippen LogP contribution in [0.4, 0.5) is 5.82 Å². The van der Waals surface area contributed by atoms with Crippen molar-refractivity contribution >= 4 is 28.6 Å². The number of rotatable bonds is 6. The Morgan fingerprint density at radius 2 is 2.25 bits per heavy atom. The summed E-state index contributed by atoms with van der Waals surface area (Å²) in [7, 11) is 0. The zero-order valence-corrected chi connectivity index (χ0v) is 13.0. The molecule has 2 N–H and O–H groups in total. The van der Waals surface area contributed by atoms with Crippen LogP contribution in [0, 0.1) is 12.8 Å². The molecule has 108 valence electrons. The summed E-state index contributed by atoms with van der Waals surface area (Å²) < 4.78 is 2.39. The van der Waals surface area contributed by atoms with Crippen LogP contribution in [-0.2, 0) is 13.0 Å². The van der Waals surface area contributed by atoms with Crippen LogP contribution in [0.3, 0.4) is 0 Å². The number of hydrogen-bond donors (Lipinski definition) is 1. The maximum Gasteiger partial charge on any atom is 0.151 e. The molecule has 0 spiro atoms. The highest BCUT2D eigenvalue weighted by molar-refractivity contribution is 7.98. The third kappa shape index (κ3) is 2.64. The van der Waals surface area contributed by atoms with Gasteiger partial charge in [-0.25, -0.2) is 9.97 Å². The molecule has 2 aromatic rings. The highest BCUT2D eigenvalue weighted by Gasteiger charge is 2.25. The van der Waals surface area contributed by atoms with E-state index in [1.54, 1.807) is 0 Å². The van der Waals surface area contributed by atoms with Crippen molar-refractivity contribution in [3.63, 3.8) is 0 Å². The number of hydrogen-bond acceptors (Lipinski definition) is 4. The van der Waals surface area contributed by atoms with Crippen molar-refractivity contribution in [3.05, 3.63) is 17.6 Å². The van der Waals surface area contributed by atoms with Gasteiger partial charge in [-0.1, -0.05) is 0 Å². The minimum atomic E-state index is 0.561. The minimum absolute atomic E-state index is 0.561. The fraction of sp³-hybridized carbons (Fsp3) is 0.600. The van der Waals surface area contributed by atoms with Crippen molar-refractivity contribution in [2.24, 2.45) is 5.92 Å². The smallest absolute Gasteiger partial charge is 0.151 e. The average molecular weight is 290 g/mol. The first-order valence-corrected chi connectivity index (χ1v) is 8.69. The first-order valence-electron chi connectivity index (χ1n) is 7.30. The van der Waals surface area contributed by atoms with Gasteiger partial charge >= 0.3 is 0 Å². The number of imidazole rings is 1. The van der Waals surface area contributed by atoms with Gasteiger partial charge in [0.2, 0.25) is 0 Å². The molecule has 1 saturated carbocycles. The Hall–Kier alpha value is -1.23. The molecule has 1 aliphatic rings. The molecule has 0 aromatic carbocycles. The quantitative estimate of drug-likeness (QED) is 0.831. The van der Waals surface area contributed by atoms with Crippen LogP contribution in [0.5, 0.6) is 0 Å². The lowest BCUT2D eigenvalue weighted by Gasteiger charge is -2.10. The second kappa shape index (κ2) is 5.64. The van der Waals surface area contributed by atoms with Crippen LogP contribution in [0.25, 0.3) is 11.0 Å². The Bertz CT molecular complexity index is 616. The SMILES string of the molecule is CSCCCn1c(CC2CC2)nc2c(N)ncc(C)c21. The fourth-order valence-electron chi connectivity index (χ4n) is 2.71. The molecule has 1 fully saturated rings. The summed E-state index contributed by atoms with van der Waals surface area (Å²) in [5, 5.41) is 0. The van der Waals surface area contributed by atoms with Crippen molar-refractivity contribution in [3.8, 4) is 0 Å². The lowest BCUT2D eigenvalue weighted by atomic mass is 10.2. The van der Waals surface area contributed by atoms with Crippen LogP contribution in [0.15, 0.2) is 6.20 Å². The number of nitrogens with two attached hydrogens (primary N) is 1. The molecule has 0 amide bonds. The van der Waals surface area contributed by atoms with E-state index in [0.29, 0.717) is 5.82 Å². The van der Waals surface area contributed by atoms with Crippen LogP contribution >= 0.6 is 11.8 Å². The number of fused-ring (bicyclic) bond motifs is 1. The lowest BCUT2D eigenvalue weighted by molar-refractivity contribution is 0.634. The molecule has 0 unspecified atom stereocenters. The van der Waals surface area contributed by atoms with Gasteiger partial charge in [0.25, 0.3) is 0 Å². The number of aryl methyl sites for hydroxylation is 2. The van der Waals surface area contributed by atoms with Gasteiger partial charge in [0, 0.05) is 19.2 Å². The maximum absolute atomic E-state index is 6.02. The van der Waals surface area contributed by atoms with Gasteiger partial charge < -0.3 is 10.3 Å². The standard InChI is InChI=1S/C15H22N4S/c1-10-9-17-15(16)13-14(10)19(6-3-7-20-2)12(18-13)8-11-4-5-11/h9,11H,3-8H2,1-2H3,(H2,16,17). The molecule has 2 aromatic heterocycles. The van der Waals surface area contributed by atoms with Gasteiger partial charge in [-0.3, -0.25) is 0 Å². The van der Waals surface area contributed by atoms with Gasteiger partial charge in [0.05, 0.1) is 5.52 Å². The first kappa shape index (κ1) is 13.7. The molecule has 0 saturated heterocycles. The van der Waals surface area contributed by atoms with Crippen molar-refractivity contribution in [1.29, 1.82) is 0 Å². The molecule has 1 aliphatic carbocycles. The Balaban J connectivity index is 2.02. The largest absolute Gasteiger partial charge is 0.382 e. The molecule has 4 nitrogen and oxygen atoms in total. The van der Waals surface area contributed by atoms with Crippen molar-refractivity contribution in [1.82, 2.24) is 14.5 Å². The third-order valence-corrected chi connectivity index (χ3v) is 4.66. The van der Waals surface area contributed by atoms with Gasteiger partial charge in [0.15, 0.2) is 5.82 Å². The molecular formula is C15H22N4S. The molecular weight excluding hydrogens is 268 g/mol. The van der Waals surface area contributed by atoms with E-state index >= 15 is 0 Å². The zero-order chi connectivity index (χ0) is 14.1. The Labute approximate surface area is 124 Å². The number of anilines is 1. The average Bonchev–Trinajstić information content (AvgIpc) is 3.16. The second-order valence-corrected chi connectivity index (χ2v) is 6.68. The predicted octanol–water partition coefficient (Wildman–Crippen LogP) is 3.03. The molecule has 20 heavy (non-hydrogen) atoms. The van der Waals surface area contributed by atoms with Crippen molar-refractivity contribution in [2.45, 2.75) is 39.2 Å². The summed E-state index contributed by atoms with van der Waals surface area (Å²) in [5.74, 6) is 3.78. The molecule has 0 atom stereocenters. The summed E-state index contributed by atoms with van der Waals surface area (Å²) in [6, 6.07) is 0. The van der Waals surface area contributed by atoms with E-state index in [0.717, 1.165) is 24.4 Å². The summed E-state index contributed by atoms with van der Waals surface area (Å²) in [6.07, 6.45) is 8.98. The van der Waals surface area contributed by atoms with E-state index in [2.05, 4.69) is 22.7 Å². The number of aromatic nitrogens is 3.